The van der Waals surface area contributed by atoms with Crippen LogP contribution in [0.2, 0.25) is 0 Å². The van der Waals surface area contributed by atoms with Crippen molar-refractivity contribution in [3.05, 3.63) is 35.0 Å². The summed E-state index contributed by atoms with van der Waals surface area (Å²) >= 11 is 0. The maximum absolute atomic E-state index is 13.4. The van der Waals surface area contributed by atoms with Crippen LogP contribution in [0.3, 0.4) is 0 Å². The van der Waals surface area contributed by atoms with Crippen LogP contribution in [-0.2, 0) is 12.4 Å². The molecular formula is C19H22F6N6. The van der Waals surface area contributed by atoms with Gasteiger partial charge in [0.1, 0.15) is 11.4 Å². The average molecular weight is 448 g/mol. The molecule has 0 aliphatic heterocycles. The fourth-order valence-electron chi connectivity index (χ4n) is 2.78. The first-order chi connectivity index (χ1) is 14.5. The lowest BCUT2D eigenvalue weighted by atomic mass is 10.1. The van der Waals surface area contributed by atoms with Gasteiger partial charge in [0.25, 0.3) is 0 Å². The predicted molar refractivity (Wildman–Crippen MR) is 107 cm³/mol. The Morgan fingerprint density at radius 1 is 1.03 bits per heavy atom. The maximum Gasteiger partial charge on any atom is 0.421 e. The van der Waals surface area contributed by atoms with Gasteiger partial charge in [-0.2, -0.15) is 31.3 Å². The van der Waals surface area contributed by atoms with Gasteiger partial charge in [0.2, 0.25) is 5.95 Å². The summed E-state index contributed by atoms with van der Waals surface area (Å²) in [6.45, 7) is 2.38. The van der Waals surface area contributed by atoms with Gasteiger partial charge in [0.15, 0.2) is 0 Å². The van der Waals surface area contributed by atoms with E-state index in [1.807, 2.05) is 6.92 Å². The summed E-state index contributed by atoms with van der Waals surface area (Å²) in [5.74, 6) is -0.886. The van der Waals surface area contributed by atoms with E-state index in [1.54, 1.807) is 0 Å². The molecule has 0 radical (unpaired) electrons. The Labute approximate surface area is 175 Å². The second kappa shape index (κ2) is 9.84. The van der Waals surface area contributed by atoms with Crippen LogP contribution in [0.15, 0.2) is 18.3 Å². The zero-order valence-corrected chi connectivity index (χ0v) is 16.8. The lowest BCUT2D eigenvalue weighted by Gasteiger charge is -2.18. The van der Waals surface area contributed by atoms with Crippen LogP contribution >= 0.6 is 0 Å². The van der Waals surface area contributed by atoms with Gasteiger partial charge in [-0.1, -0.05) is 19.8 Å². The van der Waals surface area contributed by atoms with Gasteiger partial charge < -0.3 is 21.4 Å². The molecule has 0 aliphatic rings. The Bertz CT molecular complexity index is 910. The topological polar surface area (TPSA) is 85.7 Å². The second-order valence-corrected chi connectivity index (χ2v) is 6.59. The van der Waals surface area contributed by atoms with Gasteiger partial charge in [-0.3, -0.25) is 0 Å². The highest BCUT2D eigenvalue weighted by molar-refractivity contribution is 5.95. The molecule has 0 unspecified atom stereocenters. The summed E-state index contributed by atoms with van der Waals surface area (Å²) in [6, 6.07) is 1.65. The molecule has 2 rings (SSSR count). The largest absolute Gasteiger partial charge is 0.421 e. The lowest BCUT2D eigenvalue weighted by molar-refractivity contribution is -0.138. The molecule has 1 aromatic carbocycles. The van der Waals surface area contributed by atoms with Crippen molar-refractivity contribution in [2.24, 2.45) is 0 Å². The van der Waals surface area contributed by atoms with Gasteiger partial charge >= 0.3 is 12.4 Å². The number of nitrogens with zero attached hydrogens (tertiary/aromatic N) is 2. The zero-order chi connectivity index (χ0) is 23.2. The van der Waals surface area contributed by atoms with Crippen molar-refractivity contribution in [1.82, 2.24) is 9.97 Å². The third-order valence-corrected chi connectivity index (χ3v) is 4.32. The number of alkyl halides is 6. The molecule has 0 atom stereocenters. The minimum absolute atomic E-state index is 0.0733. The number of rotatable bonds is 9. The van der Waals surface area contributed by atoms with Crippen molar-refractivity contribution in [1.29, 1.82) is 5.41 Å². The van der Waals surface area contributed by atoms with Crippen LogP contribution in [0, 0.1) is 5.41 Å². The molecule has 1 aromatic heterocycles. The van der Waals surface area contributed by atoms with Crippen LogP contribution in [-0.4, -0.2) is 29.8 Å². The molecule has 0 saturated carbocycles. The molecular weight excluding hydrogens is 426 g/mol. The SMILES string of the molecule is CCCCCNc1cc(C(F)(F)F)cc(Nc2ncc(C(F)(F)F)c(NC)n2)c1C=N. The molecule has 1 heterocycles. The monoisotopic (exact) mass is 448 g/mol. The summed E-state index contributed by atoms with van der Waals surface area (Å²) < 4.78 is 79.2. The summed E-state index contributed by atoms with van der Waals surface area (Å²) in [6.07, 6.45) is -5.47. The molecule has 4 N–H and O–H groups in total. The highest BCUT2D eigenvalue weighted by atomic mass is 19.4. The summed E-state index contributed by atoms with van der Waals surface area (Å²) in [5, 5.41) is 15.3. The molecule has 0 aliphatic carbocycles. The third-order valence-electron chi connectivity index (χ3n) is 4.32. The Morgan fingerprint density at radius 3 is 2.26 bits per heavy atom. The standard InChI is InChI=1S/C19H22F6N6/c1-3-4-5-6-28-14-7-11(18(20,21)22)8-15(12(14)9-26)30-17-29-10-13(19(23,24)25)16(27-2)31-17/h7-10,26,28H,3-6H2,1-2H3,(H2,27,29,30,31). The summed E-state index contributed by atoms with van der Waals surface area (Å²) in [4.78, 5) is 7.28. The van der Waals surface area contributed by atoms with Crippen molar-refractivity contribution >= 4 is 29.4 Å². The van der Waals surface area contributed by atoms with Gasteiger partial charge in [-0.05, 0) is 18.6 Å². The smallest absolute Gasteiger partial charge is 0.384 e. The molecule has 6 nitrogen and oxygen atoms in total. The Morgan fingerprint density at radius 2 is 1.71 bits per heavy atom. The van der Waals surface area contributed by atoms with Crippen LogP contribution in [0.25, 0.3) is 0 Å². The molecule has 0 amide bonds. The number of anilines is 4. The van der Waals surface area contributed by atoms with Crippen LogP contribution in [0.5, 0.6) is 0 Å². The Hall–Kier alpha value is -3.05. The highest BCUT2D eigenvalue weighted by Crippen LogP contribution is 2.37. The molecule has 0 spiro atoms. The van der Waals surface area contributed by atoms with E-state index in [0.29, 0.717) is 12.7 Å². The van der Waals surface area contributed by atoms with Gasteiger partial charge in [-0.25, -0.2) is 4.98 Å². The molecule has 170 valence electrons. The number of aromatic nitrogens is 2. The second-order valence-electron chi connectivity index (χ2n) is 6.59. The van der Waals surface area contributed by atoms with E-state index in [0.717, 1.165) is 37.6 Å². The van der Waals surface area contributed by atoms with E-state index in [1.165, 1.54) is 7.05 Å². The average Bonchev–Trinajstić information content (AvgIpc) is 2.69. The van der Waals surface area contributed by atoms with Crippen molar-refractivity contribution in [2.45, 2.75) is 38.5 Å². The number of benzene rings is 1. The van der Waals surface area contributed by atoms with Crippen molar-refractivity contribution in [3.8, 4) is 0 Å². The van der Waals surface area contributed by atoms with Gasteiger partial charge in [0, 0.05) is 37.3 Å². The fourth-order valence-corrected chi connectivity index (χ4v) is 2.78. The first-order valence-corrected chi connectivity index (χ1v) is 9.39. The minimum atomic E-state index is -4.71. The van der Waals surface area contributed by atoms with E-state index in [9.17, 15) is 26.3 Å². The molecule has 12 heteroatoms. The molecule has 2 aromatic rings. The first-order valence-electron chi connectivity index (χ1n) is 9.39. The third kappa shape index (κ3) is 6.22. The normalized spacial score (nSPS) is 11.9. The number of nitrogens with one attached hydrogen (secondary N) is 4. The number of hydrogen-bond acceptors (Lipinski definition) is 6. The number of halogens is 6. The Balaban J connectivity index is 2.48. The quantitative estimate of drug-likeness (QED) is 0.218. The summed E-state index contributed by atoms with van der Waals surface area (Å²) in [7, 11) is 1.23. The van der Waals surface area contributed by atoms with E-state index in [-0.39, 0.29) is 22.9 Å². The van der Waals surface area contributed by atoms with Crippen LogP contribution in [0.1, 0.15) is 42.9 Å². The van der Waals surface area contributed by atoms with Gasteiger partial charge in [0.05, 0.1) is 11.3 Å². The fraction of sp³-hybridized carbons (Fsp3) is 0.421. The highest BCUT2D eigenvalue weighted by Gasteiger charge is 2.35. The number of unbranched alkanes of at least 4 members (excludes halogenated alkanes) is 2. The van der Waals surface area contributed by atoms with Crippen molar-refractivity contribution in [3.63, 3.8) is 0 Å². The summed E-state index contributed by atoms with van der Waals surface area (Å²) in [5.41, 5.74) is -2.10. The molecule has 0 saturated heterocycles. The molecule has 31 heavy (non-hydrogen) atoms. The minimum Gasteiger partial charge on any atom is -0.384 e. The van der Waals surface area contributed by atoms with Crippen LogP contribution < -0.4 is 16.0 Å². The molecule has 0 fully saturated rings. The Kier molecular flexibility index (Phi) is 7.69. The van der Waals surface area contributed by atoms with E-state index >= 15 is 0 Å². The van der Waals surface area contributed by atoms with Crippen molar-refractivity contribution < 1.29 is 26.3 Å². The maximum atomic E-state index is 13.4. The number of hydrogen-bond donors (Lipinski definition) is 4. The van der Waals surface area contributed by atoms with E-state index < -0.39 is 29.3 Å². The van der Waals surface area contributed by atoms with Crippen molar-refractivity contribution in [2.75, 3.05) is 29.5 Å². The van der Waals surface area contributed by atoms with Crippen LogP contribution in [0.4, 0.5) is 49.5 Å². The lowest BCUT2D eigenvalue weighted by Crippen LogP contribution is -2.14. The van der Waals surface area contributed by atoms with Gasteiger partial charge in [-0.15, -0.1) is 0 Å². The predicted octanol–water partition coefficient (Wildman–Crippen LogP) is 5.90. The van der Waals surface area contributed by atoms with E-state index in [2.05, 4.69) is 25.9 Å². The zero-order valence-electron chi connectivity index (χ0n) is 16.8. The first kappa shape index (κ1) is 24.2. The molecule has 0 bridgehead atoms. The van der Waals surface area contributed by atoms with E-state index in [4.69, 9.17) is 5.41 Å².